The van der Waals surface area contributed by atoms with Crippen molar-refractivity contribution in [2.24, 2.45) is 0 Å². The van der Waals surface area contributed by atoms with Crippen LogP contribution in [0.5, 0.6) is 11.5 Å². The second-order valence-corrected chi connectivity index (χ2v) is 5.49. The summed E-state index contributed by atoms with van der Waals surface area (Å²) in [6.45, 7) is 1.45. The monoisotopic (exact) mass is 322 g/mol. The molecule has 2 aromatic carbocycles. The zero-order valence-corrected chi connectivity index (χ0v) is 13.5. The lowest BCUT2D eigenvalue weighted by Gasteiger charge is -2.21. The molecule has 2 N–H and O–H groups in total. The molecule has 0 bridgehead atoms. The average molecular weight is 322 g/mol. The molecule has 0 saturated carbocycles. The number of nitrogens with one attached hydrogen (secondary N) is 1. The van der Waals surface area contributed by atoms with Crippen molar-refractivity contribution >= 4 is 16.8 Å². The molecule has 1 atom stereocenters. The van der Waals surface area contributed by atoms with Gasteiger partial charge in [-0.25, -0.2) is 0 Å². The predicted molar refractivity (Wildman–Crippen MR) is 92.1 cm³/mol. The second-order valence-electron chi connectivity index (χ2n) is 5.49. The molecule has 0 radical (unpaired) electrons. The summed E-state index contributed by atoms with van der Waals surface area (Å²) in [5, 5.41) is 14.4. The Bertz CT molecular complexity index is 893. The van der Waals surface area contributed by atoms with Crippen LogP contribution in [0.3, 0.4) is 0 Å². The number of phenolic OH excluding ortho intramolecular Hbond substituents is 1. The number of methoxy groups -OCH3 is 1. The van der Waals surface area contributed by atoms with Crippen molar-refractivity contribution in [3.8, 4) is 11.5 Å². The van der Waals surface area contributed by atoms with E-state index in [1.165, 1.54) is 6.92 Å². The van der Waals surface area contributed by atoms with E-state index in [-0.39, 0.29) is 11.7 Å². The summed E-state index contributed by atoms with van der Waals surface area (Å²) in [6, 6.07) is 14.3. The molecule has 5 nitrogen and oxygen atoms in total. The van der Waals surface area contributed by atoms with E-state index in [0.717, 1.165) is 10.9 Å². The van der Waals surface area contributed by atoms with Crippen LogP contribution in [-0.4, -0.2) is 23.1 Å². The van der Waals surface area contributed by atoms with Gasteiger partial charge in [-0.2, -0.15) is 0 Å². The summed E-state index contributed by atoms with van der Waals surface area (Å²) in [6.07, 6.45) is 1.63. The van der Waals surface area contributed by atoms with Crippen LogP contribution < -0.4 is 10.1 Å². The lowest BCUT2D eigenvalue weighted by Crippen LogP contribution is -2.27. The van der Waals surface area contributed by atoms with Gasteiger partial charge in [-0.3, -0.25) is 9.78 Å². The second kappa shape index (κ2) is 6.58. The number of aromatic nitrogens is 1. The van der Waals surface area contributed by atoms with Crippen LogP contribution in [0.1, 0.15) is 24.1 Å². The third-order valence-electron chi connectivity index (χ3n) is 3.86. The average Bonchev–Trinajstić information content (AvgIpc) is 2.60. The van der Waals surface area contributed by atoms with Crippen molar-refractivity contribution < 1.29 is 14.6 Å². The maximum atomic E-state index is 11.7. The molecule has 1 heterocycles. The number of ether oxygens (including phenoxy) is 1. The van der Waals surface area contributed by atoms with Gasteiger partial charge in [-0.05, 0) is 23.8 Å². The van der Waals surface area contributed by atoms with Gasteiger partial charge in [0.05, 0.1) is 13.2 Å². The first-order chi connectivity index (χ1) is 11.6. The maximum absolute atomic E-state index is 11.7. The summed E-state index contributed by atoms with van der Waals surface area (Å²) in [5.74, 6) is 0.555. The molecule has 1 aromatic heterocycles. The smallest absolute Gasteiger partial charge is 0.217 e. The van der Waals surface area contributed by atoms with Crippen molar-refractivity contribution in [3.05, 3.63) is 65.9 Å². The SMILES string of the molecule is COc1cccc([C@@H](NC(C)=O)c2ccc3cccnc3c2O)c1. The molecule has 3 rings (SSSR count). The number of phenols is 1. The quantitative estimate of drug-likeness (QED) is 0.774. The van der Waals surface area contributed by atoms with Crippen molar-refractivity contribution in [1.82, 2.24) is 10.3 Å². The van der Waals surface area contributed by atoms with E-state index in [0.29, 0.717) is 16.8 Å². The minimum Gasteiger partial charge on any atom is -0.505 e. The van der Waals surface area contributed by atoms with E-state index in [4.69, 9.17) is 4.74 Å². The van der Waals surface area contributed by atoms with Crippen LogP contribution in [0.15, 0.2) is 54.7 Å². The molecule has 0 spiro atoms. The topological polar surface area (TPSA) is 71.5 Å². The number of amides is 1. The maximum Gasteiger partial charge on any atom is 0.217 e. The van der Waals surface area contributed by atoms with E-state index in [1.54, 1.807) is 19.4 Å². The molecule has 1 amide bonds. The summed E-state index contributed by atoms with van der Waals surface area (Å²) >= 11 is 0. The standard InChI is InChI=1S/C19H18N2O3/c1-12(22)21-17(14-5-3-7-15(11-14)24-2)16-9-8-13-6-4-10-20-18(13)19(16)23/h3-11,17,23H,1-2H3,(H,21,22)/t17-/m1/s1. The number of carbonyl (C=O) groups is 1. The molecule has 0 aliphatic heterocycles. The van der Waals surface area contributed by atoms with Crippen LogP contribution in [0.4, 0.5) is 0 Å². The summed E-state index contributed by atoms with van der Waals surface area (Å²) in [4.78, 5) is 15.9. The lowest BCUT2D eigenvalue weighted by molar-refractivity contribution is -0.119. The Morgan fingerprint density at radius 1 is 1.21 bits per heavy atom. The highest BCUT2D eigenvalue weighted by atomic mass is 16.5. The highest BCUT2D eigenvalue weighted by Gasteiger charge is 2.21. The first kappa shape index (κ1) is 15.8. The minimum atomic E-state index is -0.496. The molecular weight excluding hydrogens is 304 g/mol. The van der Waals surface area contributed by atoms with Crippen molar-refractivity contribution in [2.75, 3.05) is 7.11 Å². The van der Waals surface area contributed by atoms with E-state index in [2.05, 4.69) is 10.3 Å². The number of nitrogens with zero attached hydrogens (tertiary/aromatic N) is 1. The van der Waals surface area contributed by atoms with Crippen molar-refractivity contribution in [1.29, 1.82) is 0 Å². The molecular formula is C19H18N2O3. The number of pyridine rings is 1. The molecule has 24 heavy (non-hydrogen) atoms. The number of aromatic hydroxyl groups is 1. The number of carbonyl (C=O) groups excluding carboxylic acids is 1. The predicted octanol–water partition coefficient (Wildman–Crippen LogP) is 3.17. The van der Waals surface area contributed by atoms with E-state index < -0.39 is 6.04 Å². The first-order valence-electron chi connectivity index (χ1n) is 7.58. The largest absolute Gasteiger partial charge is 0.505 e. The Morgan fingerprint density at radius 2 is 2.04 bits per heavy atom. The first-order valence-corrected chi connectivity index (χ1v) is 7.58. The molecule has 0 fully saturated rings. The fraction of sp³-hybridized carbons (Fsp3) is 0.158. The molecule has 0 saturated heterocycles. The normalized spacial score (nSPS) is 11.9. The van der Waals surface area contributed by atoms with Crippen LogP contribution in [0.25, 0.3) is 10.9 Å². The summed E-state index contributed by atoms with van der Waals surface area (Å²) in [5.41, 5.74) is 1.91. The summed E-state index contributed by atoms with van der Waals surface area (Å²) in [7, 11) is 1.59. The minimum absolute atomic E-state index is 0.0645. The molecule has 0 unspecified atom stereocenters. The van der Waals surface area contributed by atoms with Gasteiger partial charge < -0.3 is 15.2 Å². The third kappa shape index (κ3) is 3.01. The van der Waals surface area contributed by atoms with Gasteiger partial charge in [-0.1, -0.05) is 30.3 Å². The van der Waals surface area contributed by atoms with Gasteiger partial charge in [0.2, 0.25) is 5.91 Å². The van der Waals surface area contributed by atoms with E-state index in [9.17, 15) is 9.90 Å². The molecule has 3 aromatic rings. The Balaban J connectivity index is 2.15. The van der Waals surface area contributed by atoms with Crippen LogP contribution >= 0.6 is 0 Å². The fourth-order valence-electron chi connectivity index (χ4n) is 2.74. The highest BCUT2D eigenvalue weighted by molar-refractivity contribution is 5.86. The Labute approximate surface area is 139 Å². The van der Waals surface area contributed by atoms with Gasteiger partial charge in [-0.15, -0.1) is 0 Å². The molecule has 122 valence electrons. The van der Waals surface area contributed by atoms with E-state index in [1.807, 2.05) is 42.5 Å². The fourth-order valence-corrected chi connectivity index (χ4v) is 2.74. The molecule has 0 aliphatic carbocycles. The van der Waals surface area contributed by atoms with Gasteiger partial charge in [0.25, 0.3) is 0 Å². The number of fused-ring (bicyclic) bond motifs is 1. The van der Waals surface area contributed by atoms with Gasteiger partial charge >= 0.3 is 0 Å². The Morgan fingerprint density at radius 3 is 2.79 bits per heavy atom. The number of hydrogen-bond acceptors (Lipinski definition) is 4. The number of benzene rings is 2. The van der Waals surface area contributed by atoms with E-state index >= 15 is 0 Å². The van der Waals surface area contributed by atoms with Gasteiger partial charge in [0.1, 0.15) is 17.0 Å². The van der Waals surface area contributed by atoms with Gasteiger partial charge in [0, 0.05) is 24.1 Å². The molecule has 5 heteroatoms. The van der Waals surface area contributed by atoms with Crippen LogP contribution in [0, 0.1) is 0 Å². The van der Waals surface area contributed by atoms with Gasteiger partial charge in [0.15, 0.2) is 0 Å². The lowest BCUT2D eigenvalue weighted by atomic mass is 9.96. The zero-order chi connectivity index (χ0) is 17.1. The van der Waals surface area contributed by atoms with Crippen molar-refractivity contribution in [3.63, 3.8) is 0 Å². The Kier molecular flexibility index (Phi) is 4.33. The van der Waals surface area contributed by atoms with Crippen LogP contribution in [0.2, 0.25) is 0 Å². The third-order valence-corrected chi connectivity index (χ3v) is 3.86. The number of hydrogen-bond donors (Lipinski definition) is 2. The highest BCUT2D eigenvalue weighted by Crippen LogP contribution is 2.35. The molecule has 0 aliphatic rings. The summed E-state index contributed by atoms with van der Waals surface area (Å²) < 4.78 is 5.26. The van der Waals surface area contributed by atoms with Crippen LogP contribution in [-0.2, 0) is 4.79 Å². The Hall–Kier alpha value is -3.08. The number of rotatable bonds is 4. The van der Waals surface area contributed by atoms with Crippen molar-refractivity contribution in [2.45, 2.75) is 13.0 Å². The zero-order valence-electron chi connectivity index (χ0n) is 13.5.